The Hall–Kier alpha value is -1.69. The highest BCUT2D eigenvalue weighted by atomic mass is 16.1. The van der Waals surface area contributed by atoms with Gasteiger partial charge in [-0.1, -0.05) is 0 Å². The van der Waals surface area contributed by atoms with E-state index in [0.29, 0.717) is 19.3 Å². The molecule has 0 aromatic carbocycles. The number of ketones is 1. The van der Waals surface area contributed by atoms with Crippen LogP contribution in [0, 0.1) is 12.3 Å². The van der Waals surface area contributed by atoms with Crippen LogP contribution in [0.1, 0.15) is 29.9 Å². The van der Waals surface area contributed by atoms with Gasteiger partial charge >= 0.3 is 0 Å². The standard InChI is InChI=1S/C10H10N2O/c1-2-3-4-6-9(13)10-11-7-5-8-12-10/h1,5,7-8H,3-4,6H2. The predicted octanol–water partition coefficient (Wildman–Crippen LogP) is 1.46. The largest absolute Gasteiger partial charge is 0.291 e. The molecule has 3 heteroatoms. The summed E-state index contributed by atoms with van der Waals surface area (Å²) in [5.74, 6) is 2.71. The summed E-state index contributed by atoms with van der Waals surface area (Å²) in [5, 5.41) is 0. The smallest absolute Gasteiger partial charge is 0.200 e. The van der Waals surface area contributed by atoms with E-state index in [1.54, 1.807) is 18.5 Å². The lowest BCUT2D eigenvalue weighted by molar-refractivity contribution is 0.0970. The van der Waals surface area contributed by atoms with Crippen molar-refractivity contribution in [3.8, 4) is 12.3 Å². The van der Waals surface area contributed by atoms with E-state index in [-0.39, 0.29) is 11.6 Å². The molecule has 1 aromatic heterocycles. The zero-order chi connectivity index (χ0) is 9.52. The van der Waals surface area contributed by atoms with Gasteiger partial charge in [0.05, 0.1) is 0 Å². The number of nitrogens with zero attached hydrogens (tertiary/aromatic N) is 2. The van der Waals surface area contributed by atoms with E-state index in [0.717, 1.165) is 0 Å². The molecule has 0 unspecified atom stereocenters. The van der Waals surface area contributed by atoms with Crippen LogP contribution >= 0.6 is 0 Å². The molecule has 13 heavy (non-hydrogen) atoms. The second-order valence-corrected chi connectivity index (χ2v) is 2.55. The monoisotopic (exact) mass is 174 g/mol. The Labute approximate surface area is 77.2 Å². The first kappa shape index (κ1) is 9.40. The van der Waals surface area contributed by atoms with Gasteiger partial charge in [-0.15, -0.1) is 12.3 Å². The minimum atomic E-state index is -0.0455. The van der Waals surface area contributed by atoms with Crippen LogP contribution in [0.2, 0.25) is 0 Å². The van der Waals surface area contributed by atoms with E-state index in [1.165, 1.54) is 0 Å². The number of terminal acetylenes is 1. The third-order valence-electron chi connectivity index (χ3n) is 1.54. The topological polar surface area (TPSA) is 42.9 Å². The molecule has 0 spiro atoms. The minimum Gasteiger partial charge on any atom is -0.291 e. The predicted molar refractivity (Wildman–Crippen MR) is 49.0 cm³/mol. The van der Waals surface area contributed by atoms with Crippen molar-refractivity contribution in [3.63, 3.8) is 0 Å². The molecule has 0 fully saturated rings. The summed E-state index contributed by atoms with van der Waals surface area (Å²) in [7, 11) is 0. The Balaban J connectivity index is 2.46. The van der Waals surface area contributed by atoms with Gasteiger partial charge in [-0.25, -0.2) is 9.97 Å². The van der Waals surface area contributed by atoms with Gasteiger partial charge in [0.15, 0.2) is 11.6 Å². The molecule has 0 bridgehead atoms. The fourth-order valence-electron chi connectivity index (χ4n) is 0.906. The Morgan fingerprint density at radius 2 is 2.15 bits per heavy atom. The summed E-state index contributed by atoms with van der Waals surface area (Å²) in [5.41, 5.74) is 0. The van der Waals surface area contributed by atoms with Crippen molar-refractivity contribution in [1.29, 1.82) is 0 Å². The highest BCUT2D eigenvalue weighted by Crippen LogP contribution is 2.00. The van der Waals surface area contributed by atoms with Crippen LogP contribution in [0.3, 0.4) is 0 Å². The summed E-state index contributed by atoms with van der Waals surface area (Å²) in [6.07, 6.45) is 9.93. The van der Waals surface area contributed by atoms with E-state index in [9.17, 15) is 4.79 Å². The Kier molecular flexibility index (Phi) is 3.65. The maximum Gasteiger partial charge on any atom is 0.200 e. The number of unbranched alkanes of at least 4 members (excludes halogenated alkanes) is 1. The van der Waals surface area contributed by atoms with Crippen molar-refractivity contribution in [2.75, 3.05) is 0 Å². The molecule has 0 radical (unpaired) electrons. The first-order chi connectivity index (χ1) is 6.34. The number of carbonyl (C=O) groups is 1. The van der Waals surface area contributed by atoms with Gasteiger partial charge in [-0.05, 0) is 12.5 Å². The van der Waals surface area contributed by atoms with E-state index in [1.807, 2.05) is 0 Å². The van der Waals surface area contributed by atoms with Crippen LogP contribution in [0.15, 0.2) is 18.5 Å². The van der Waals surface area contributed by atoms with Crippen molar-refractivity contribution in [2.45, 2.75) is 19.3 Å². The summed E-state index contributed by atoms with van der Waals surface area (Å²) >= 11 is 0. The lowest BCUT2D eigenvalue weighted by Gasteiger charge is -1.95. The van der Waals surface area contributed by atoms with Crippen LogP contribution in [-0.4, -0.2) is 15.8 Å². The number of carbonyl (C=O) groups excluding carboxylic acids is 1. The van der Waals surface area contributed by atoms with Crippen molar-refractivity contribution < 1.29 is 4.79 Å². The first-order valence-electron chi connectivity index (χ1n) is 4.08. The zero-order valence-corrected chi connectivity index (χ0v) is 7.23. The molecule has 1 heterocycles. The molecule has 66 valence electrons. The molecule has 3 nitrogen and oxygen atoms in total. The Morgan fingerprint density at radius 3 is 2.77 bits per heavy atom. The van der Waals surface area contributed by atoms with Crippen molar-refractivity contribution in [1.82, 2.24) is 9.97 Å². The minimum absolute atomic E-state index is 0.0455. The van der Waals surface area contributed by atoms with E-state index >= 15 is 0 Å². The molecule has 0 aliphatic heterocycles. The number of hydrogen-bond donors (Lipinski definition) is 0. The summed E-state index contributed by atoms with van der Waals surface area (Å²) in [6.45, 7) is 0. The van der Waals surface area contributed by atoms with Gasteiger partial charge in [0, 0.05) is 25.2 Å². The zero-order valence-electron chi connectivity index (χ0n) is 7.23. The molecule has 0 saturated heterocycles. The van der Waals surface area contributed by atoms with Gasteiger partial charge in [0.2, 0.25) is 0 Å². The van der Waals surface area contributed by atoms with E-state index in [4.69, 9.17) is 6.42 Å². The molecule has 0 aliphatic rings. The quantitative estimate of drug-likeness (QED) is 0.394. The number of hydrogen-bond acceptors (Lipinski definition) is 3. The molecule has 1 rings (SSSR count). The number of rotatable bonds is 4. The van der Waals surface area contributed by atoms with E-state index in [2.05, 4.69) is 15.9 Å². The highest BCUT2D eigenvalue weighted by Gasteiger charge is 2.06. The second kappa shape index (κ2) is 5.04. The fourth-order valence-corrected chi connectivity index (χ4v) is 0.906. The fraction of sp³-hybridized carbons (Fsp3) is 0.300. The summed E-state index contributed by atoms with van der Waals surface area (Å²) in [6, 6.07) is 1.68. The number of Topliss-reactive ketones (excluding diaryl/α,β-unsaturated/α-hetero) is 1. The van der Waals surface area contributed by atoms with Crippen LogP contribution in [0.4, 0.5) is 0 Å². The lowest BCUT2D eigenvalue weighted by atomic mass is 10.2. The first-order valence-corrected chi connectivity index (χ1v) is 4.08. The summed E-state index contributed by atoms with van der Waals surface area (Å²) < 4.78 is 0. The second-order valence-electron chi connectivity index (χ2n) is 2.55. The molecular formula is C10H10N2O. The van der Waals surface area contributed by atoms with Crippen LogP contribution in [0.5, 0.6) is 0 Å². The van der Waals surface area contributed by atoms with Crippen molar-refractivity contribution in [2.24, 2.45) is 0 Å². The average Bonchev–Trinajstić information content (AvgIpc) is 2.19. The average molecular weight is 174 g/mol. The van der Waals surface area contributed by atoms with Crippen LogP contribution in [0.25, 0.3) is 0 Å². The van der Waals surface area contributed by atoms with Crippen LogP contribution in [-0.2, 0) is 0 Å². The lowest BCUT2D eigenvalue weighted by Crippen LogP contribution is -2.03. The van der Waals surface area contributed by atoms with Crippen molar-refractivity contribution in [3.05, 3.63) is 24.3 Å². The van der Waals surface area contributed by atoms with Gasteiger partial charge in [0.1, 0.15) is 0 Å². The van der Waals surface area contributed by atoms with Gasteiger partial charge < -0.3 is 0 Å². The molecule has 0 aliphatic carbocycles. The SMILES string of the molecule is C#CCCCC(=O)c1ncccn1. The van der Waals surface area contributed by atoms with Crippen LogP contribution < -0.4 is 0 Å². The van der Waals surface area contributed by atoms with E-state index < -0.39 is 0 Å². The summed E-state index contributed by atoms with van der Waals surface area (Å²) in [4.78, 5) is 19.0. The normalized spacial score (nSPS) is 9.15. The Bertz CT molecular complexity index is 313. The maximum atomic E-state index is 11.3. The highest BCUT2D eigenvalue weighted by molar-refractivity contribution is 5.92. The van der Waals surface area contributed by atoms with Crippen molar-refractivity contribution >= 4 is 5.78 Å². The molecule has 1 aromatic rings. The molecule has 0 amide bonds. The van der Waals surface area contributed by atoms with Gasteiger partial charge in [-0.2, -0.15) is 0 Å². The van der Waals surface area contributed by atoms with Gasteiger partial charge in [-0.3, -0.25) is 4.79 Å². The third kappa shape index (κ3) is 3.04. The molecule has 0 saturated carbocycles. The third-order valence-corrected chi connectivity index (χ3v) is 1.54. The van der Waals surface area contributed by atoms with Gasteiger partial charge in [0.25, 0.3) is 0 Å². The molecular weight excluding hydrogens is 164 g/mol. The number of aromatic nitrogens is 2. The molecule has 0 N–H and O–H groups in total. The molecule has 0 atom stereocenters. The maximum absolute atomic E-state index is 11.3. The Morgan fingerprint density at radius 1 is 1.46 bits per heavy atom.